The minimum absolute atomic E-state index is 0.121. The van der Waals surface area contributed by atoms with E-state index in [1.807, 2.05) is 6.07 Å². The van der Waals surface area contributed by atoms with Crippen molar-refractivity contribution in [2.24, 2.45) is 0 Å². The first-order valence-corrected chi connectivity index (χ1v) is 5.49. The molecule has 0 unspecified atom stereocenters. The predicted octanol–water partition coefficient (Wildman–Crippen LogP) is 0.232. The van der Waals surface area contributed by atoms with Gasteiger partial charge in [-0.25, -0.2) is 0 Å². The van der Waals surface area contributed by atoms with Gasteiger partial charge in [0.1, 0.15) is 6.04 Å². The Morgan fingerprint density at radius 2 is 2.00 bits per heavy atom. The van der Waals surface area contributed by atoms with Crippen LogP contribution in [-0.2, 0) is 4.79 Å². The molecular weight excluding hydrogens is 220 g/mol. The third-order valence-corrected chi connectivity index (χ3v) is 2.80. The number of amides is 1. The number of nitrogens with one attached hydrogen (secondary N) is 2. The molecule has 3 N–H and O–H groups in total. The quantitative estimate of drug-likeness (QED) is 0.699. The summed E-state index contributed by atoms with van der Waals surface area (Å²) in [7, 11) is 0. The van der Waals surface area contributed by atoms with Crippen LogP contribution >= 0.6 is 0 Å². The smallest absolute Gasteiger partial charge is 0.320 e. The molecule has 1 heterocycles. The summed E-state index contributed by atoms with van der Waals surface area (Å²) < 4.78 is 0. The van der Waals surface area contributed by atoms with E-state index >= 15 is 0 Å². The molecule has 0 radical (unpaired) electrons. The topological polar surface area (TPSA) is 78.4 Å². The Morgan fingerprint density at radius 1 is 1.29 bits per heavy atom. The summed E-state index contributed by atoms with van der Waals surface area (Å²) in [6.45, 7) is 0.496. The SMILES string of the molecule is O=C(N[C@@H]1CN[C@H](C(=O)O)C1)c1ccccc1. The lowest BCUT2D eigenvalue weighted by atomic mass is 10.1. The van der Waals surface area contributed by atoms with Gasteiger partial charge in [-0.05, 0) is 18.6 Å². The molecular formula is C12H14N2O3. The number of hydrogen-bond acceptors (Lipinski definition) is 3. The van der Waals surface area contributed by atoms with Gasteiger partial charge in [0, 0.05) is 18.2 Å². The maximum Gasteiger partial charge on any atom is 0.320 e. The monoisotopic (exact) mass is 234 g/mol. The second kappa shape index (κ2) is 4.97. The lowest BCUT2D eigenvalue weighted by Crippen LogP contribution is -2.36. The molecule has 17 heavy (non-hydrogen) atoms. The van der Waals surface area contributed by atoms with E-state index in [1.54, 1.807) is 24.3 Å². The zero-order valence-electron chi connectivity index (χ0n) is 9.22. The normalized spacial score (nSPS) is 23.3. The average Bonchev–Trinajstić information content (AvgIpc) is 2.79. The van der Waals surface area contributed by atoms with Crippen molar-refractivity contribution in [1.82, 2.24) is 10.6 Å². The lowest BCUT2D eigenvalue weighted by molar-refractivity contribution is -0.139. The van der Waals surface area contributed by atoms with Gasteiger partial charge in [0.15, 0.2) is 0 Å². The van der Waals surface area contributed by atoms with Crippen LogP contribution in [0.25, 0.3) is 0 Å². The standard InChI is InChI=1S/C12H14N2O3/c15-11(8-4-2-1-3-5-8)14-9-6-10(12(16)17)13-7-9/h1-5,9-10,13H,6-7H2,(H,14,15)(H,16,17)/t9-,10-/m0/s1. The Bertz CT molecular complexity index is 419. The molecule has 0 aromatic heterocycles. The van der Waals surface area contributed by atoms with E-state index < -0.39 is 12.0 Å². The number of rotatable bonds is 3. The molecule has 5 heteroatoms. The maximum atomic E-state index is 11.8. The highest BCUT2D eigenvalue weighted by molar-refractivity contribution is 5.94. The molecule has 1 aliphatic heterocycles. The molecule has 1 aromatic carbocycles. The first-order valence-electron chi connectivity index (χ1n) is 5.49. The van der Waals surface area contributed by atoms with Crippen LogP contribution in [0.15, 0.2) is 30.3 Å². The van der Waals surface area contributed by atoms with Crippen molar-refractivity contribution in [3.8, 4) is 0 Å². The number of benzene rings is 1. The second-order valence-electron chi connectivity index (χ2n) is 4.07. The Labute approximate surface area is 98.8 Å². The number of aliphatic carboxylic acids is 1. The molecule has 5 nitrogen and oxygen atoms in total. The zero-order chi connectivity index (χ0) is 12.3. The van der Waals surface area contributed by atoms with Crippen LogP contribution in [0, 0.1) is 0 Å². The first-order chi connectivity index (χ1) is 8.16. The van der Waals surface area contributed by atoms with Gasteiger partial charge in [0.2, 0.25) is 0 Å². The Kier molecular flexibility index (Phi) is 3.39. The summed E-state index contributed by atoms with van der Waals surface area (Å²) in [6.07, 6.45) is 0.425. The molecule has 0 aliphatic carbocycles. The van der Waals surface area contributed by atoms with Crippen molar-refractivity contribution >= 4 is 11.9 Å². The molecule has 0 spiro atoms. The van der Waals surface area contributed by atoms with Gasteiger partial charge in [0.25, 0.3) is 5.91 Å². The first kappa shape index (κ1) is 11.6. The number of carboxylic acid groups (broad SMARTS) is 1. The fourth-order valence-electron chi connectivity index (χ4n) is 1.89. The number of hydrogen-bond donors (Lipinski definition) is 3. The molecule has 2 rings (SSSR count). The van der Waals surface area contributed by atoms with E-state index in [-0.39, 0.29) is 11.9 Å². The van der Waals surface area contributed by atoms with Crippen molar-refractivity contribution in [1.29, 1.82) is 0 Å². The number of carbonyl (C=O) groups excluding carboxylic acids is 1. The molecule has 1 fully saturated rings. The third kappa shape index (κ3) is 2.82. The molecule has 90 valence electrons. The molecule has 0 bridgehead atoms. The Hall–Kier alpha value is -1.88. The summed E-state index contributed by atoms with van der Waals surface area (Å²) in [4.78, 5) is 22.5. The van der Waals surface area contributed by atoms with Crippen molar-refractivity contribution in [2.75, 3.05) is 6.54 Å². The zero-order valence-corrected chi connectivity index (χ0v) is 9.22. The molecule has 1 amide bonds. The van der Waals surface area contributed by atoms with Crippen molar-refractivity contribution in [3.05, 3.63) is 35.9 Å². The Morgan fingerprint density at radius 3 is 2.59 bits per heavy atom. The van der Waals surface area contributed by atoms with Gasteiger partial charge in [-0.2, -0.15) is 0 Å². The van der Waals surface area contributed by atoms with Crippen LogP contribution in [0.5, 0.6) is 0 Å². The fourth-order valence-corrected chi connectivity index (χ4v) is 1.89. The highest BCUT2D eigenvalue weighted by Crippen LogP contribution is 2.08. The summed E-state index contributed by atoms with van der Waals surface area (Å²) in [6, 6.07) is 8.21. The highest BCUT2D eigenvalue weighted by Gasteiger charge is 2.29. The van der Waals surface area contributed by atoms with Crippen LogP contribution in [0.2, 0.25) is 0 Å². The lowest BCUT2D eigenvalue weighted by Gasteiger charge is -2.11. The summed E-state index contributed by atoms with van der Waals surface area (Å²) in [5.74, 6) is -1.04. The summed E-state index contributed by atoms with van der Waals surface area (Å²) in [5.41, 5.74) is 0.589. The minimum Gasteiger partial charge on any atom is -0.480 e. The van der Waals surface area contributed by atoms with Gasteiger partial charge in [-0.1, -0.05) is 18.2 Å². The van der Waals surface area contributed by atoms with E-state index in [2.05, 4.69) is 10.6 Å². The van der Waals surface area contributed by atoms with E-state index in [4.69, 9.17) is 5.11 Å². The maximum absolute atomic E-state index is 11.8. The van der Waals surface area contributed by atoms with Gasteiger partial charge in [-0.3, -0.25) is 9.59 Å². The number of carboxylic acids is 1. The van der Waals surface area contributed by atoms with Crippen LogP contribution in [0.4, 0.5) is 0 Å². The Balaban J connectivity index is 1.91. The van der Waals surface area contributed by atoms with Gasteiger partial charge in [-0.15, -0.1) is 0 Å². The third-order valence-electron chi connectivity index (χ3n) is 2.80. The second-order valence-corrected chi connectivity index (χ2v) is 4.07. The largest absolute Gasteiger partial charge is 0.480 e. The van der Waals surface area contributed by atoms with E-state index in [0.717, 1.165) is 0 Å². The average molecular weight is 234 g/mol. The van der Waals surface area contributed by atoms with Crippen molar-refractivity contribution in [3.63, 3.8) is 0 Å². The van der Waals surface area contributed by atoms with Gasteiger partial charge >= 0.3 is 5.97 Å². The molecule has 1 aromatic rings. The summed E-state index contributed by atoms with van der Waals surface area (Å²) >= 11 is 0. The van der Waals surface area contributed by atoms with Crippen LogP contribution in [0.1, 0.15) is 16.8 Å². The van der Waals surface area contributed by atoms with E-state index in [1.165, 1.54) is 0 Å². The van der Waals surface area contributed by atoms with Crippen LogP contribution in [-0.4, -0.2) is 35.6 Å². The molecule has 1 aliphatic rings. The van der Waals surface area contributed by atoms with E-state index in [0.29, 0.717) is 18.5 Å². The van der Waals surface area contributed by atoms with Gasteiger partial charge in [0.05, 0.1) is 0 Å². The summed E-state index contributed by atoms with van der Waals surface area (Å²) in [5, 5.41) is 14.5. The van der Waals surface area contributed by atoms with E-state index in [9.17, 15) is 9.59 Å². The minimum atomic E-state index is -0.874. The molecule has 1 saturated heterocycles. The van der Waals surface area contributed by atoms with Crippen LogP contribution < -0.4 is 10.6 Å². The highest BCUT2D eigenvalue weighted by atomic mass is 16.4. The fraction of sp³-hybridized carbons (Fsp3) is 0.333. The number of carbonyl (C=O) groups is 2. The van der Waals surface area contributed by atoms with Crippen LogP contribution in [0.3, 0.4) is 0 Å². The molecule has 2 atom stereocenters. The van der Waals surface area contributed by atoms with Crippen molar-refractivity contribution in [2.45, 2.75) is 18.5 Å². The van der Waals surface area contributed by atoms with Crippen molar-refractivity contribution < 1.29 is 14.7 Å². The predicted molar refractivity (Wildman–Crippen MR) is 61.7 cm³/mol. The molecule has 0 saturated carbocycles. The van der Waals surface area contributed by atoms with Gasteiger partial charge < -0.3 is 15.7 Å².